The summed E-state index contributed by atoms with van der Waals surface area (Å²) in [5, 5.41) is 9.76. The third kappa shape index (κ3) is 3.14. The topological polar surface area (TPSA) is 35.9 Å². The number of fused-ring (bicyclic) bond motifs is 13. The molecule has 11 aromatic rings. The van der Waals surface area contributed by atoms with Crippen LogP contribution in [0.1, 0.15) is 0 Å². The maximum absolute atomic E-state index is 6.62. The summed E-state index contributed by atoms with van der Waals surface area (Å²) < 4.78 is 13.7. The van der Waals surface area contributed by atoms with Crippen LogP contribution in [0.5, 0.6) is 0 Å². The van der Waals surface area contributed by atoms with Crippen molar-refractivity contribution in [2.45, 2.75) is 0 Å². The Morgan fingerprint density at radius 3 is 2.09 bits per heavy atom. The second-order valence-electron chi connectivity index (χ2n) is 12.0. The number of hydrogen-bond acceptors (Lipinski definition) is 3. The van der Waals surface area contributed by atoms with Gasteiger partial charge in [0.2, 0.25) is 0 Å². The molecule has 4 aromatic heterocycles. The van der Waals surface area contributed by atoms with Crippen LogP contribution in [0.25, 0.3) is 97.4 Å². The minimum absolute atomic E-state index is 0.578. The second kappa shape index (κ2) is 8.84. The van der Waals surface area contributed by atoms with Gasteiger partial charge in [0.1, 0.15) is 5.52 Å². The van der Waals surface area contributed by atoms with Crippen LogP contribution in [0.2, 0.25) is 0 Å². The van der Waals surface area contributed by atoms with Crippen LogP contribution >= 0.6 is 11.3 Å². The minimum atomic E-state index is 0.578. The van der Waals surface area contributed by atoms with Crippen LogP contribution in [0, 0.1) is 0 Å². The van der Waals surface area contributed by atoms with Gasteiger partial charge in [0.25, 0.3) is 0 Å². The number of aromatic nitrogens is 3. The quantitative estimate of drug-likeness (QED) is 0.196. The number of oxazole rings is 1. The molecule has 0 aliphatic rings. The van der Waals surface area contributed by atoms with Crippen molar-refractivity contribution in [3.63, 3.8) is 0 Å². The molecule has 0 amide bonds. The van der Waals surface area contributed by atoms with Crippen LogP contribution in [0.15, 0.2) is 144 Å². The number of rotatable bonds is 2. The highest BCUT2D eigenvalue weighted by Gasteiger charge is 2.21. The molecule has 0 aliphatic carbocycles. The van der Waals surface area contributed by atoms with E-state index < -0.39 is 0 Å². The van der Waals surface area contributed by atoms with Gasteiger partial charge in [-0.3, -0.25) is 4.57 Å². The molecule has 46 heavy (non-hydrogen) atoms. The first-order valence-corrected chi connectivity index (χ1v) is 16.3. The summed E-state index contributed by atoms with van der Waals surface area (Å²) in [6, 6.07) is 50.6. The standard InChI is InChI=1S/C41H23N3OS/c1-2-10-26-24(9-1)17-20-33-38(26)29-12-4-7-15-32(29)43(33)25-18-19-28-27-11-3-6-14-31(27)44(34(28)23-25)41-42-40-35(45-41)21-22-37-39(40)30-13-5-8-16-36(30)46-37/h1-23H. The summed E-state index contributed by atoms with van der Waals surface area (Å²) in [5.74, 6) is 0. The Morgan fingerprint density at radius 2 is 1.20 bits per heavy atom. The second-order valence-corrected chi connectivity index (χ2v) is 13.1. The van der Waals surface area contributed by atoms with Crippen LogP contribution in [-0.4, -0.2) is 14.1 Å². The minimum Gasteiger partial charge on any atom is -0.423 e. The molecule has 7 aromatic carbocycles. The number of para-hydroxylation sites is 2. The zero-order valence-electron chi connectivity index (χ0n) is 24.4. The largest absolute Gasteiger partial charge is 0.423 e. The van der Waals surface area contributed by atoms with E-state index in [9.17, 15) is 0 Å². The molecule has 4 nitrogen and oxygen atoms in total. The molecule has 0 fully saturated rings. The van der Waals surface area contributed by atoms with Gasteiger partial charge in [-0.25, -0.2) is 0 Å². The lowest BCUT2D eigenvalue weighted by Gasteiger charge is -2.10. The van der Waals surface area contributed by atoms with Gasteiger partial charge in [0.15, 0.2) is 5.58 Å². The summed E-state index contributed by atoms with van der Waals surface area (Å²) in [4.78, 5) is 5.23. The SMILES string of the molecule is c1ccc2c(c1)ccc1c2c2ccccc2n1-c1ccc2c3ccccc3n(-c3nc4c(ccc5sc6ccccc6c54)o3)c2c1. The van der Waals surface area contributed by atoms with E-state index in [0.29, 0.717) is 6.01 Å². The zero-order chi connectivity index (χ0) is 29.9. The normalized spacial score (nSPS) is 12.3. The predicted octanol–water partition coefficient (Wildman–Crippen LogP) is 11.5. The number of nitrogens with zero attached hydrogens (tertiary/aromatic N) is 3. The van der Waals surface area contributed by atoms with Crippen LogP contribution < -0.4 is 0 Å². The molecule has 0 spiro atoms. The predicted molar refractivity (Wildman–Crippen MR) is 193 cm³/mol. The molecule has 214 valence electrons. The van der Waals surface area contributed by atoms with Gasteiger partial charge < -0.3 is 8.98 Å². The highest BCUT2D eigenvalue weighted by atomic mass is 32.1. The fourth-order valence-corrected chi connectivity index (χ4v) is 8.72. The Kier molecular flexibility index (Phi) is 4.69. The molecular weight excluding hydrogens is 583 g/mol. The summed E-state index contributed by atoms with van der Waals surface area (Å²) in [7, 11) is 0. The summed E-state index contributed by atoms with van der Waals surface area (Å²) in [6.07, 6.45) is 0. The first kappa shape index (κ1) is 24.4. The van der Waals surface area contributed by atoms with Crippen molar-refractivity contribution in [1.29, 1.82) is 0 Å². The van der Waals surface area contributed by atoms with Crippen LogP contribution in [-0.2, 0) is 0 Å². The molecule has 0 aliphatic heterocycles. The van der Waals surface area contributed by atoms with E-state index in [4.69, 9.17) is 9.40 Å². The molecule has 0 unspecified atom stereocenters. The fourth-order valence-electron chi connectivity index (χ4n) is 7.61. The highest BCUT2D eigenvalue weighted by Crippen LogP contribution is 2.41. The number of benzene rings is 7. The Balaban J connectivity index is 1.23. The van der Waals surface area contributed by atoms with Gasteiger partial charge in [-0.1, -0.05) is 91.0 Å². The summed E-state index contributed by atoms with van der Waals surface area (Å²) >= 11 is 1.80. The maximum Gasteiger partial charge on any atom is 0.307 e. The van der Waals surface area contributed by atoms with Gasteiger partial charge in [0, 0.05) is 47.4 Å². The third-order valence-corrected chi connectivity index (χ3v) is 10.7. The molecule has 11 rings (SSSR count). The van der Waals surface area contributed by atoms with Gasteiger partial charge in [0.05, 0.1) is 22.1 Å². The van der Waals surface area contributed by atoms with E-state index in [2.05, 4.69) is 149 Å². The van der Waals surface area contributed by atoms with Crippen molar-refractivity contribution in [1.82, 2.24) is 14.1 Å². The lowest BCUT2D eigenvalue weighted by atomic mass is 10.0. The molecule has 5 heteroatoms. The van der Waals surface area contributed by atoms with E-state index >= 15 is 0 Å². The zero-order valence-corrected chi connectivity index (χ0v) is 25.3. The summed E-state index contributed by atoms with van der Waals surface area (Å²) in [5.41, 5.74) is 7.30. The Morgan fingerprint density at radius 1 is 0.478 bits per heavy atom. The van der Waals surface area contributed by atoms with Gasteiger partial charge in [-0.05, 0) is 59.3 Å². The molecule has 4 heterocycles. The maximum atomic E-state index is 6.62. The van der Waals surface area contributed by atoms with E-state index in [-0.39, 0.29) is 0 Å². The first-order chi connectivity index (χ1) is 22.8. The lowest BCUT2D eigenvalue weighted by molar-refractivity contribution is 0.574. The van der Waals surface area contributed by atoms with Crippen LogP contribution in [0.3, 0.4) is 0 Å². The van der Waals surface area contributed by atoms with E-state index in [1.807, 2.05) is 0 Å². The fraction of sp³-hybridized carbons (Fsp3) is 0. The first-order valence-electron chi connectivity index (χ1n) is 15.5. The van der Waals surface area contributed by atoms with Gasteiger partial charge in [-0.15, -0.1) is 11.3 Å². The Labute approximate surface area is 265 Å². The average Bonchev–Trinajstić information content (AvgIpc) is 3.86. The molecule has 0 saturated heterocycles. The molecular formula is C41H23N3OS. The van der Waals surface area contributed by atoms with Crippen molar-refractivity contribution in [3.05, 3.63) is 140 Å². The molecule has 0 saturated carbocycles. The molecule has 0 N–H and O–H groups in total. The van der Waals surface area contributed by atoms with Crippen LogP contribution in [0.4, 0.5) is 0 Å². The Bertz CT molecular complexity index is 3040. The van der Waals surface area contributed by atoms with Crippen molar-refractivity contribution in [3.8, 4) is 11.7 Å². The molecule has 0 atom stereocenters. The van der Waals surface area contributed by atoms with E-state index in [1.165, 1.54) is 58.1 Å². The smallest absolute Gasteiger partial charge is 0.307 e. The summed E-state index contributed by atoms with van der Waals surface area (Å²) in [6.45, 7) is 0. The van der Waals surface area contributed by atoms with Crippen molar-refractivity contribution < 1.29 is 4.42 Å². The van der Waals surface area contributed by atoms with Gasteiger partial charge in [-0.2, -0.15) is 4.98 Å². The lowest BCUT2D eigenvalue weighted by Crippen LogP contribution is -1.97. The number of hydrogen-bond donors (Lipinski definition) is 0. The average molecular weight is 606 g/mol. The van der Waals surface area contributed by atoms with Gasteiger partial charge >= 0.3 is 6.01 Å². The molecule has 0 radical (unpaired) electrons. The van der Waals surface area contributed by atoms with E-state index in [0.717, 1.165) is 33.2 Å². The molecule has 0 bridgehead atoms. The monoisotopic (exact) mass is 605 g/mol. The van der Waals surface area contributed by atoms with Crippen molar-refractivity contribution in [2.75, 3.05) is 0 Å². The highest BCUT2D eigenvalue weighted by molar-refractivity contribution is 7.26. The van der Waals surface area contributed by atoms with E-state index in [1.54, 1.807) is 11.3 Å². The Hall–Kier alpha value is -5.91. The number of thiophene rings is 1. The van der Waals surface area contributed by atoms with Crippen molar-refractivity contribution in [2.24, 2.45) is 0 Å². The van der Waals surface area contributed by atoms with Crippen molar-refractivity contribution >= 4 is 97.0 Å². The third-order valence-electron chi connectivity index (χ3n) is 9.56.